The first-order valence-corrected chi connectivity index (χ1v) is 11.2. The van der Waals surface area contributed by atoms with Gasteiger partial charge in [-0.05, 0) is 53.2 Å². The van der Waals surface area contributed by atoms with Crippen LogP contribution in [0.15, 0.2) is 78.9 Å². The van der Waals surface area contributed by atoms with Crippen molar-refractivity contribution >= 4 is 22.5 Å². The molecule has 3 aromatic carbocycles. The lowest BCUT2D eigenvalue weighted by Crippen LogP contribution is -2.50. The Labute approximate surface area is 197 Å². The van der Waals surface area contributed by atoms with Crippen molar-refractivity contribution in [2.45, 2.75) is 0 Å². The van der Waals surface area contributed by atoms with E-state index in [1.165, 1.54) is 10.8 Å². The standard InChI is InChI=1S/C27H23N5O2/c28-18-20-5-9-24(10-6-20)34-19-27(33)32-15-13-31(14-16-32)26-12-11-25(29-30-26)23-8-7-21-3-1-2-4-22(21)17-23/h1-12,17H,13-16,19H2. The zero-order valence-electron chi connectivity index (χ0n) is 18.6. The summed E-state index contributed by atoms with van der Waals surface area (Å²) < 4.78 is 5.58. The molecule has 7 nitrogen and oxygen atoms in total. The van der Waals surface area contributed by atoms with Gasteiger partial charge >= 0.3 is 0 Å². The van der Waals surface area contributed by atoms with E-state index in [-0.39, 0.29) is 12.5 Å². The Morgan fingerprint density at radius 3 is 2.35 bits per heavy atom. The predicted octanol–water partition coefficient (Wildman–Crippen LogP) is 3.90. The van der Waals surface area contributed by atoms with Gasteiger partial charge in [-0.2, -0.15) is 5.26 Å². The molecule has 0 atom stereocenters. The fourth-order valence-corrected chi connectivity index (χ4v) is 4.04. The van der Waals surface area contributed by atoms with E-state index in [4.69, 9.17) is 10.00 Å². The SMILES string of the molecule is N#Cc1ccc(OCC(=O)N2CCN(c3ccc(-c4ccc5ccccc5c4)nn3)CC2)cc1. The summed E-state index contributed by atoms with van der Waals surface area (Å²) >= 11 is 0. The van der Waals surface area contributed by atoms with Crippen LogP contribution in [0, 0.1) is 11.3 Å². The minimum atomic E-state index is -0.0539. The topological polar surface area (TPSA) is 82.4 Å². The fraction of sp³-hybridized carbons (Fsp3) is 0.185. The summed E-state index contributed by atoms with van der Waals surface area (Å²) in [7, 11) is 0. The maximum Gasteiger partial charge on any atom is 0.260 e. The normalized spacial score (nSPS) is 13.5. The molecule has 0 spiro atoms. The molecule has 1 fully saturated rings. The predicted molar refractivity (Wildman–Crippen MR) is 130 cm³/mol. The molecule has 1 aromatic heterocycles. The third-order valence-corrected chi connectivity index (χ3v) is 6.00. The van der Waals surface area contributed by atoms with E-state index < -0.39 is 0 Å². The van der Waals surface area contributed by atoms with Crippen LogP contribution in [-0.4, -0.2) is 53.8 Å². The number of carbonyl (C=O) groups excluding carboxylic acids is 1. The number of amides is 1. The minimum absolute atomic E-state index is 0.0217. The number of rotatable bonds is 5. The largest absolute Gasteiger partial charge is 0.484 e. The van der Waals surface area contributed by atoms with E-state index in [0.717, 1.165) is 17.1 Å². The Balaban J connectivity index is 1.15. The number of aromatic nitrogens is 2. The fourth-order valence-electron chi connectivity index (χ4n) is 4.04. The average Bonchev–Trinajstić information content (AvgIpc) is 2.92. The molecule has 34 heavy (non-hydrogen) atoms. The molecular formula is C27H23N5O2. The van der Waals surface area contributed by atoms with Crippen LogP contribution in [-0.2, 0) is 4.79 Å². The van der Waals surface area contributed by atoms with Crippen molar-refractivity contribution in [3.8, 4) is 23.1 Å². The van der Waals surface area contributed by atoms with E-state index in [0.29, 0.717) is 37.5 Å². The molecule has 5 rings (SSSR count). The number of piperazine rings is 1. The highest BCUT2D eigenvalue weighted by atomic mass is 16.5. The number of ether oxygens (including phenoxy) is 1. The number of benzene rings is 3. The van der Waals surface area contributed by atoms with Gasteiger partial charge in [-0.1, -0.05) is 36.4 Å². The highest BCUT2D eigenvalue weighted by molar-refractivity contribution is 5.86. The Morgan fingerprint density at radius 2 is 1.65 bits per heavy atom. The second kappa shape index (κ2) is 9.59. The highest BCUT2D eigenvalue weighted by Gasteiger charge is 2.22. The van der Waals surface area contributed by atoms with Gasteiger partial charge in [-0.3, -0.25) is 4.79 Å². The van der Waals surface area contributed by atoms with Crippen LogP contribution in [0.25, 0.3) is 22.0 Å². The van der Waals surface area contributed by atoms with Crippen molar-refractivity contribution in [3.05, 3.63) is 84.4 Å². The van der Waals surface area contributed by atoms with Gasteiger partial charge < -0.3 is 14.5 Å². The van der Waals surface area contributed by atoms with Crippen molar-refractivity contribution in [1.82, 2.24) is 15.1 Å². The van der Waals surface area contributed by atoms with E-state index in [1.54, 1.807) is 29.2 Å². The van der Waals surface area contributed by atoms with Crippen LogP contribution in [0.1, 0.15) is 5.56 Å². The van der Waals surface area contributed by atoms with Crippen LogP contribution < -0.4 is 9.64 Å². The number of hydrogen-bond acceptors (Lipinski definition) is 6. The Morgan fingerprint density at radius 1 is 0.882 bits per heavy atom. The van der Waals surface area contributed by atoms with Crippen molar-refractivity contribution in [2.75, 3.05) is 37.7 Å². The molecule has 0 saturated carbocycles. The molecule has 0 unspecified atom stereocenters. The first kappa shape index (κ1) is 21.4. The zero-order valence-corrected chi connectivity index (χ0v) is 18.6. The third-order valence-electron chi connectivity index (χ3n) is 6.00. The maximum atomic E-state index is 12.5. The smallest absolute Gasteiger partial charge is 0.260 e. The van der Waals surface area contributed by atoms with Crippen LogP contribution in [0.3, 0.4) is 0 Å². The quantitative estimate of drug-likeness (QED) is 0.460. The third kappa shape index (κ3) is 4.66. The van der Waals surface area contributed by atoms with Crippen LogP contribution in [0.2, 0.25) is 0 Å². The van der Waals surface area contributed by atoms with Crippen LogP contribution >= 0.6 is 0 Å². The van der Waals surface area contributed by atoms with Gasteiger partial charge in [-0.15, -0.1) is 10.2 Å². The summed E-state index contributed by atoms with van der Waals surface area (Å²) in [6.07, 6.45) is 0. The summed E-state index contributed by atoms with van der Waals surface area (Å²) in [6, 6.07) is 27.3. The molecule has 1 aliphatic heterocycles. The Hall–Kier alpha value is -4.44. The monoisotopic (exact) mass is 449 g/mol. The van der Waals surface area contributed by atoms with Gasteiger partial charge in [0.25, 0.3) is 5.91 Å². The first-order valence-electron chi connectivity index (χ1n) is 11.2. The van der Waals surface area contributed by atoms with Gasteiger partial charge in [0.15, 0.2) is 12.4 Å². The number of carbonyl (C=O) groups is 1. The lowest BCUT2D eigenvalue weighted by atomic mass is 10.1. The van der Waals surface area contributed by atoms with Crippen molar-refractivity contribution in [2.24, 2.45) is 0 Å². The van der Waals surface area contributed by atoms with E-state index >= 15 is 0 Å². The van der Waals surface area contributed by atoms with Crippen LogP contribution in [0.4, 0.5) is 5.82 Å². The molecule has 1 saturated heterocycles. The highest BCUT2D eigenvalue weighted by Crippen LogP contribution is 2.24. The van der Waals surface area contributed by atoms with E-state index in [1.807, 2.05) is 24.3 Å². The van der Waals surface area contributed by atoms with Gasteiger partial charge in [0.1, 0.15) is 5.75 Å². The Kier molecular flexibility index (Phi) is 6.04. The number of fused-ring (bicyclic) bond motifs is 1. The lowest BCUT2D eigenvalue weighted by Gasteiger charge is -2.35. The maximum absolute atomic E-state index is 12.5. The molecular weight excluding hydrogens is 426 g/mol. The van der Waals surface area contributed by atoms with Crippen molar-refractivity contribution in [3.63, 3.8) is 0 Å². The number of anilines is 1. The number of nitrogens with zero attached hydrogens (tertiary/aromatic N) is 5. The molecule has 0 aliphatic carbocycles. The summed E-state index contributed by atoms with van der Waals surface area (Å²) in [5.74, 6) is 1.33. The lowest BCUT2D eigenvalue weighted by molar-refractivity contribution is -0.133. The molecule has 2 heterocycles. The summed E-state index contributed by atoms with van der Waals surface area (Å²) in [6.45, 7) is 2.55. The molecule has 1 aliphatic rings. The van der Waals surface area contributed by atoms with E-state index in [2.05, 4.69) is 51.5 Å². The van der Waals surface area contributed by atoms with Gasteiger partial charge in [0.2, 0.25) is 0 Å². The molecule has 0 N–H and O–H groups in total. The molecule has 168 valence electrons. The zero-order chi connectivity index (χ0) is 23.3. The Bertz CT molecular complexity index is 1340. The summed E-state index contributed by atoms with van der Waals surface area (Å²) in [5.41, 5.74) is 2.43. The molecule has 0 bridgehead atoms. The average molecular weight is 450 g/mol. The van der Waals surface area contributed by atoms with Crippen LogP contribution in [0.5, 0.6) is 5.75 Å². The van der Waals surface area contributed by atoms with Gasteiger partial charge in [-0.25, -0.2) is 0 Å². The van der Waals surface area contributed by atoms with Crippen molar-refractivity contribution < 1.29 is 9.53 Å². The summed E-state index contributed by atoms with van der Waals surface area (Å²) in [5, 5.41) is 20.1. The molecule has 7 heteroatoms. The number of nitriles is 1. The van der Waals surface area contributed by atoms with Gasteiger partial charge in [0.05, 0.1) is 17.3 Å². The molecule has 0 radical (unpaired) electrons. The minimum Gasteiger partial charge on any atom is -0.484 e. The van der Waals surface area contributed by atoms with Gasteiger partial charge in [0, 0.05) is 31.7 Å². The van der Waals surface area contributed by atoms with Crippen molar-refractivity contribution in [1.29, 1.82) is 5.26 Å². The summed E-state index contributed by atoms with van der Waals surface area (Å²) in [4.78, 5) is 16.5. The second-order valence-corrected chi connectivity index (χ2v) is 8.13. The number of hydrogen-bond donors (Lipinski definition) is 0. The first-order chi connectivity index (χ1) is 16.7. The van der Waals surface area contributed by atoms with E-state index in [9.17, 15) is 4.79 Å². The molecule has 4 aromatic rings. The molecule has 1 amide bonds. The second-order valence-electron chi connectivity index (χ2n) is 8.13.